The number of hydrogen-bond donors (Lipinski definition) is 2. The lowest BCUT2D eigenvalue weighted by Crippen LogP contribution is -2.48. The monoisotopic (exact) mass is 309 g/mol. The van der Waals surface area contributed by atoms with E-state index >= 15 is 0 Å². The van der Waals surface area contributed by atoms with Crippen LogP contribution in [0.3, 0.4) is 0 Å². The number of aliphatic hydroxyl groups is 1. The number of rotatable bonds is 7. The maximum Gasteiger partial charge on any atom is 0.129 e. The predicted octanol–water partition coefficient (Wildman–Crippen LogP) is 0.309. The summed E-state index contributed by atoms with van der Waals surface area (Å²) in [6.07, 6.45) is 0. The highest BCUT2D eigenvalue weighted by Crippen LogP contribution is 2.17. The molecule has 1 saturated heterocycles. The Morgan fingerprint density at radius 2 is 1.76 bits per heavy atom. The van der Waals surface area contributed by atoms with Crippen LogP contribution in [0, 0.1) is 0 Å². The number of aliphatic hydroxyl groups excluding tert-OH is 1. The summed E-state index contributed by atoms with van der Waals surface area (Å²) in [5.41, 5.74) is 6.48. The van der Waals surface area contributed by atoms with Crippen molar-refractivity contribution in [1.29, 1.82) is 0 Å². The summed E-state index contributed by atoms with van der Waals surface area (Å²) in [5.74, 6) is 0.754. The number of para-hydroxylation sites is 1. The number of hydrogen-bond acceptors (Lipinski definition) is 5. The van der Waals surface area contributed by atoms with E-state index in [4.69, 9.17) is 27.8 Å². The lowest BCUT2D eigenvalue weighted by Gasteiger charge is -2.34. The Labute approximate surface area is 131 Å². The van der Waals surface area contributed by atoms with Gasteiger partial charge in [-0.05, 0) is 12.1 Å². The Hall–Kier alpha value is -1.21. The third-order valence-electron chi connectivity index (χ3n) is 3.70. The number of thiocarbonyl (C=S) groups is 1. The summed E-state index contributed by atoms with van der Waals surface area (Å²) in [5, 5.41) is 8.93. The lowest BCUT2D eigenvalue weighted by atomic mass is 10.2. The summed E-state index contributed by atoms with van der Waals surface area (Å²) >= 11 is 5.02. The Kier molecular flexibility index (Phi) is 6.38. The van der Waals surface area contributed by atoms with Gasteiger partial charge in [0.05, 0.1) is 12.2 Å². The molecule has 0 aliphatic carbocycles. The Morgan fingerprint density at radius 3 is 2.38 bits per heavy atom. The minimum atomic E-state index is 0.235. The molecule has 1 aliphatic rings. The van der Waals surface area contributed by atoms with Crippen LogP contribution in [-0.4, -0.2) is 72.4 Å². The van der Waals surface area contributed by atoms with Gasteiger partial charge in [0.25, 0.3) is 0 Å². The van der Waals surface area contributed by atoms with Gasteiger partial charge in [-0.15, -0.1) is 0 Å². The van der Waals surface area contributed by atoms with Crippen LogP contribution in [0.4, 0.5) is 0 Å². The number of β-amino-alcohol motifs (C(OH)–C–C–N with tert-alkyl or cyclic N) is 1. The molecule has 0 saturated carbocycles. The van der Waals surface area contributed by atoms with Crippen molar-refractivity contribution in [2.45, 2.75) is 0 Å². The van der Waals surface area contributed by atoms with Crippen molar-refractivity contribution >= 4 is 17.2 Å². The van der Waals surface area contributed by atoms with E-state index in [0.29, 0.717) is 11.6 Å². The molecule has 116 valence electrons. The second kappa shape index (κ2) is 8.29. The van der Waals surface area contributed by atoms with Crippen LogP contribution in [-0.2, 0) is 0 Å². The van der Waals surface area contributed by atoms with Gasteiger partial charge in [0.2, 0.25) is 0 Å². The van der Waals surface area contributed by atoms with E-state index in [-0.39, 0.29) is 6.61 Å². The quantitative estimate of drug-likeness (QED) is 0.707. The van der Waals surface area contributed by atoms with Crippen molar-refractivity contribution in [3.63, 3.8) is 0 Å². The highest BCUT2D eigenvalue weighted by atomic mass is 32.1. The van der Waals surface area contributed by atoms with E-state index in [1.54, 1.807) is 0 Å². The van der Waals surface area contributed by atoms with Gasteiger partial charge in [-0.3, -0.25) is 9.80 Å². The number of piperazine rings is 1. The van der Waals surface area contributed by atoms with Crippen LogP contribution in [0.1, 0.15) is 5.56 Å². The molecule has 0 aromatic heterocycles. The zero-order valence-electron chi connectivity index (χ0n) is 12.2. The summed E-state index contributed by atoms with van der Waals surface area (Å²) in [4.78, 5) is 5.01. The number of benzene rings is 1. The van der Waals surface area contributed by atoms with E-state index < -0.39 is 0 Å². The number of ether oxygens (including phenoxy) is 1. The Bertz CT molecular complexity index is 462. The predicted molar refractivity (Wildman–Crippen MR) is 87.8 cm³/mol. The van der Waals surface area contributed by atoms with Gasteiger partial charge in [-0.2, -0.15) is 0 Å². The van der Waals surface area contributed by atoms with Crippen molar-refractivity contribution in [2.75, 3.05) is 52.5 Å². The Morgan fingerprint density at radius 1 is 1.14 bits per heavy atom. The van der Waals surface area contributed by atoms with Gasteiger partial charge < -0.3 is 15.6 Å². The van der Waals surface area contributed by atoms with Gasteiger partial charge in [0.15, 0.2) is 0 Å². The second-order valence-corrected chi connectivity index (χ2v) is 5.56. The van der Waals surface area contributed by atoms with E-state index in [1.807, 2.05) is 24.3 Å². The van der Waals surface area contributed by atoms with Crippen LogP contribution in [0.15, 0.2) is 24.3 Å². The molecule has 0 atom stereocenters. The summed E-state index contributed by atoms with van der Waals surface area (Å²) < 4.78 is 5.81. The lowest BCUT2D eigenvalue weighted by molar-refractivity contribution is 0.102. The largest absolute Gasteiger partial charge is 0.492 e. The summed E-state index contributed by atoms with van der Waals surface area (Å²) in [6, 6.07) is 7.60. The van der Waals surface area contributed by atoms with Crippen LogP contribution in [0.25, 0.3) is 0 Å². The Balaban J connectivity index is 1.74. The first-order chi connectivity index (χ1) is 10.2. The molecule has 0 unspecified atom stereocenters. The first-order valence-electron chi connectivity index (χ1n) is 7.28. The van der Waals surface area contributed by atoms with Gasteiger partial charge in [-0.25, -0.2) is 0 Å². The van der Waals surface area contributed by atoms with E-state index in [2.05, 4.69) is 9.80 Å². The SMILES string of the molecule is NC(=S)c1ccccc1OCCN1CCN(CCO)CC1. The molecule has 6 heteroatoms. The van der Waals surface area contributed by atoms with Crippen LogP contribution < -0.4 is 10.5 Å². The van der Waals surface area contributed by atoms with Gasteiger partial charge >= 0.3 is 0 Å². The average Bonchev–Trinajstić information content (AvgIpc) is 2.50. The van der Waals surface area contributed by atoms with Gasteiger partial charge in [-0.1, -0.05) is 24.4 Å². The standard InChI is InChI=1S/C15H23N3O2S/c16-15(21)13-3-1-2-4-14(13)20-12-10-18-7-5-17(6-8-18)9-11-19/h1-4,19H,5-12H2,(H2,16,21). The smallest absolute Gasteiger partial charge is 0.129 e. The molecule has 0 bridgehead atoms. The molecule has 0 amide bonds. The maximum atomic E-state index is 8.93. The molecule has 2 rings (SSSR count). The average molecular weight is 309 g/mol. The highest BCUT2D eigenvalue weighted by Gasteiger charge is 2.16. The zero-order valence-corrected chi connectivity index (χ0v) is 13.0. The first-order valence-corrected chi connectivity index (χ1v) is 7.68. The minimum Gasteiger partial charge on any atom is -0.492 e. The van der Waals surface area contributed by atoms with Crippen molar-refractivity contribution in [3.8, 4) is 5.75 Å². The van der Waals surface area contributed by atoms with Crippen LogP contribution in [0.5, 0.6) is 5.75 Å². The number of nitrogens with zero attached hydrogens (tertiary/aromatic N) is 2. The van der Waals surface area contributed by atoms with Crippen molar-refractivity contribution < 1.29 is 9.84 Å². The third kappa shape index (κ3) is 4.93. The van der Waals surface area contributed by atoms with E-state index in [9.17, 15) is 0 Å². The van der Waals surface area contributed by atoms with Gasteiger partial charge in [0, 0.05) is 39.3 Å². The third-order valence-corrected chi connectivity index (χ3v) is 3.92. The maximum absolute atomic E-state index is 8.93. The molecule has 0 spiro atoms. The second-order valence-electron chi connectivity index (χ2n) is 5.12. The molecule has 5 nitrogen and oxygen atoms in total. The van der Waals surface area contributed by atoms with Crippen LogP contribution >= 0.6 is 12.2 Å². The molecule has 1 aromatic rings. The van der Waals surface area contributed by atoms with E-state index in [1.165, 1.54) is 0 Å². The summed E-state index contributed by atoms with van der Waals surface area (Å²) in [7, 11) is 0. The molecule has 0 radical (unpaired) electrons. The number of nitrogens with two attached hydrogens (primary N) is 1. The molecule has 21 heavy (non-hydrogen) atoms. The molecule has 1 heterocycles. The van der Waals surface area contributed by atoms with Crippen molar-refractivity contribution in [2.24, 2.45) is 5.73 Å². The normalized spacial score (nSPS) is 16.8. The van der Waals surface area contributed by atoms with E-state index in [0.717, 1.165) is 50.6 Å². The van der Waals surface area contributed by atoms with Gasteiger partial charge in [0.1, 0.15) is 17.3 Å². The molecule has 1 aromatic carbocycles. The molecule has 1 fully saturated rings. The fraction of sp³-hybridized carbons (Fsp3) is 0.533. The molecular formula is C15H23N3O2S. The fourth-order valence-corrected chi connectivity index (χ4v) is 2.63. The zero-order chi connectivity index (χ0) is 15.1. The molecular weight excluding hydrogens is 286 g/mol. The van der Waals surface area contributed by atoms with Crippen LogP contribution in [0.2, 0.25) is 0 Å². The van der Waals surface area contributed by atoms with Crippen molar-refractivity contribution in [1.82, 2.24) is 9.80 Å². The highest BCUT2D eigenvalue weighted by molar-refractivity contribution is 7.80. The summed E-state index contributed by atoms with van der Waals surface area (Å²) in [6.45, 7) is 6.55. The molecule has 3 N–H and O–H groups in total. The van der Waals surface area contributed by atoms with Crippen molar-refractivity contribution in [3.05, 3.63) is 29.8 Å². The fourth-order valence-electron chi connectivity index (χ4n) is 2.46. The minimum absolute atomic E-state index is 0.235. The molecule has 1 aliphatic heterocycles. The first kappa shape index (κ1) is 16.2. The topological polar surface area (TPSA) is 62.0 Å².